The number of rotatable bonds is 8. The Morgan fingerprint density at radius 3 is 2.41 bits per heavy atom. The molecule has 1 aliphatic carbocycles. The van der Waals surface area contributed by atoms with E-state index < -0.39 is 0 Å². The molecule has 1 saturated heterocycles. The van der Waals surface area contributed by atoms with Crippen molar-refractivity contribution in [3.8, 4) is 0 Å². The summed E-state index contributed by atoms with van der Waals surface area (Å²) in [5.41, 5.74) is 2.95. The highest BCUT2D eigenvalue weighted by atomic mass is 16.5. The van der Waals surface area contributed by atoms with Crippen LogP contribution in [0.15, 0.2) is 65.8 Å². The van der Waals surface area contributed by atoms with Crippen LogP contribution < -0.4 is 10.6 Å². The summed E-state index contributed by atoms with van der Waals surface area (Å²) >= 11 is 0. The highest BCUT2D eigenvalue weighted by molar-refractivity contribution is 6.01. The maximum absolute atomic E-state index is 13.0. The van der Waals surface area contributed by atoms with Crippen LogP contribution >= 0.6 is 0 Å². The largest absolute Gasteiger partial charge is 0.381 e. The third kappa shape index (κ3) is 4.85. The first-order chi connectivity index (χ1) is 14.0. The maximum Gasteiger partial charge on any atom is 0.251 e. The van der Waals surface area contributed by atoms with Gasteiger partial charge in [-0.2, -0.15) is 0 Å². The molecule has 2 N–H and O–H groups in total. The lowest BCUT2D eigenvalue weighted by Crippen LogP contribution is -2.31. The zero-order chi connectivity index (χ0) is 21.0. The quantitative estimate of drug-likeness (QED) is 0.526. The van der Waals surface area contributed by atoms with E-state index in [2.05, 4.69) is 36.3 Å². The number of likely N-dealkylation sites (N-methyl/N-ethyl adjacent to an activating group) is 1. The van der Waals surface area contributed by atoms with Crippen LogP contribution in [0, 0.1) is 11.8 Å². The molecule has 2 fully saturated rings. The highest BCUT2D eigenvalue weighted by Crippen LogP contribution is 2.44. The molecule has 1 aromatic carbocycles. The molecule has 0 aromatic heterocycles. The second-order valence-corrected chi connectivity index (χ2v) is 7.82. The molecule has 5 nitrogen and oxygen atoms in total. The molecule has 29 heavy (non-hydrogen) atoms. The molecule has 154 valence electrons. The third-order valence-corrected chi connectivity index (χ3v) is 5.87. The number of amides is 2. The van der Waals surface area contributed by atoms with Crippen molar-refractivity contribution < 1.29 is 14.3 Å². The van der Waals surface area contributed by atoms with E-state index in [1.165, 1.54) is 0 Å². The lowest BCUT2D eigenvalue weighted by atomic mass is 9.88. The predicted octanol–water partition coefficient (Wildman–Crippen LogP) is 3.12. The van der Waals surface area contributed by atoms with Crippen LogP contribution in [0.5, 0.6) is 0 Å². The van der Waals surface area contributed by atoms with Crippen LogP contribution in [0.4, 0.5) is 0 Å². The van der Waals surface area contributed by atoms with E-state index in [1.807, 2.05) is 24.3 Å². The molecule has 1 aliphatic heterocycles. The summed E-state index contributed by atoms with van der Waals surface area (Å²) in [6.45, 7) is 9.47. The summed E-state index contributed by atoms with van der Waals surface area (Å²) in [5, 5.41) is 5.72. The predicted molar refractivity (Wildman–Crippen MR) is 114 cm³/mol. The molecule has 0 spiro atoms. The second-order valence-electron chi connectivity index (χ2n) is 7.82. The molecule has 0 radical (unpaired) electrons. The van der Waals surface area contributed by atoms with E-state index in [9.17, 15) is 9.59 Å². The Labute approximate surface area is 172 Å². The van der Waals surface area contributed by atoms with E-state index in [4.69, 9.17) is 4.74 Å². The number of allylic oxidation sites excluding steroid dienone is 2. The normalized spacial score (nSPS) is 24.4. The number of carbonyl (C=O) groups excluding carboxylic acids is 2. The minimum atomic E-state index is -0.207. The van der Waals surface area contributed by atoms with Crippen LogP contribution in [0.2, 0.25) is 0 Å². The Kier molecular flexibility index (Phi) is 6.70. The van der Waals surface area contributed by atoms with E-state index in [0.29, 0.717) is 36.2 Å². The molecule has 3 atom stereocenters. The Morgan fingerprint density at radius 2 is 1.83 bits per heavy atom. The number of hydrogen-bond acceptors (Lipinski definition) is 3. The minimum Gasteiger partial charge on any atom is -0.381 e. The topological polar surface area (TPSA) is 67.4 Å². The van der Waals surface area contributed by atoms with Gasteiger partial charge in [0.2, 0.25) is 5.91 Å². The number of ether oxygens (including phenoxy) is 1. The van der Waals surface area contributed by atoms with Gasteiger partial charge in [-0.15, -0.1) is 0 Å². The van der Waals surface area contributed by atoms with Crippen LogP contribution in [0.3, 0.4) is 0 Å². The van der Waals surface area contributed by atoms with Gasteiger partial charge in [-0.3, -0.25) is 9.59 Å². The number of carbonyl (C=O) groups is 2. The Morgan fingerprint density at radius 1 is 1.17 bits per heavy atom. The molecule has 5 heteroatoms. The Balaban J connectivity index is 1.83. The number of hydrogen-bond donors (Lipinski definition) is 2. The number of nitrogens with one attached hydrogen (secondary N) is 2. The van der Waals surface area contributed by atoms with Crippen molar-refractivity contribution in [1.29, 1.82) is 0 Å². The number of fused-ring (bicyclic) bond motifs is 1. The average Bonchev–Trinajstić information content (AvgIpc) is 3.13. The molecule has 2 amide bonds. The zero-order valence-corrected chi connectivity index (χ0v) is 17.4. The molecular formula is C24H30N2O3. The van der Waals surface area contributed by atoms with Gasteiger partial charge in [-0.1, -0.05) is 43.8 Å². The second kappa shape index (κ2) is 9.23. The Bertz CT molecular complexity index is 831. The zero-order valence-electron chi connectivity index (χ0n) is 17.4. The molecule has 1 heterocycles. The summed E-state index contributed by atoms with van der Waals surface area (Å²) in [6, 6.07) is 10.3. The van der Waals surface area contributed by atoms with E-state index >= 15 is 0 Å². The fourth-order valence-corrected chi connectivity index (χ4v) is 4.05. The third-order valence-electron chi connectivity index (χ3n) is 5.87. The van der Waals surface area contributed by atoms with Gasteiger partial charge in [0, 0.05) is 42.0 Å². The summed E-state index contributed by atoms with van der Waals surface area (Å²) in [5.74, 6) is 0.569. The molecule has 2 aliphatic rings. The van der Waals surface area contributed by atoms with Gasteiger partial charge in [0.1, 0.15) is 0 Å². The van der Waals surface area contributed by atoms with Gasteiger partial charge < -0.3 is 15.4 Å². The van der Waals surface area contributed by atoms with Crippen molar-refractivity contribution in [3.05, 3.63) is 71.3 Å². The lowest BCUT2D eigenvalue weighted by molar-refractivity contribution is -0.117. The van der Waals surface area contributed by atoms with Gasteiger partial charge in [0.05, 0.1) is 13.2 Å². The molecule has 3 unspecified atom stereocenters. The van der Waals surface area contributed by atoms with Crippen molar-refractivity contribution in [2.24, 2.45) is 11.8 Å². The monoisotopic (exact) mass is 394 g/mol. The maximum atomic E-state index is 13.0. The molecule has 1 aromatic rings. The van der Waals surface area contributed by atoms with Crippen molar-refractivity contribution in [2.75, 3.05) is 20.3 Å². The molecule has 1 saturated carbocycles. The van der Waals surface area contributed by atoms with Gasteiger partial charge >= 0.3 is 0 Å². The van der Waals surface area contributed by atoms with Gasteiger partial charge in [0.15, 0.2) is 0 Å². The first-order valence-electron chi connectivity index (χ1n) is 10.2. The van der Waals surface area contributed by atoms with Crippen LogP contribution in [-0.4, -0.2) is 38.1 Å². The molecular weight excluding hydrogens is 364 g/mol. The van der Waals surface area contributed by atoms with Crippen LogP contribution in [0.1, 0.15) is 31.7 Å². The summed E-state index contributed by atoms with van der Waals surface area (Å²) in [7, 11) is 1.58. The SMILES string of the molecule is C=C(/C=C(\C=C(/C)C(=O)NC)C(=O)NC1C2COCC21)C(CC)c1ccccc1. The summed E-state index contributed by atoms with van der Waals surface area (Å²) in [6.07, 6.45) is 4.33. The minimum absolute atomic E-state index is 0.112. The van der Waals surface area contributed by atoms with Crippen molar-refractivity contribution in [1.82, 2.24) is 10.6 Å². The number of benzene rings is 1. The van der Waals surface area contributed by atoms with E-state index in [-0.39, 0.29) is 23.8 Å². The molecule has 0 bridgehead atoms. The molecule has 3 rings (SSSR count). The highest BCUT2D eigenvalue weighted by Gasteiger charge is 2.54. The first kappa shape index (κ1) is 21.1. The summed E-state index contributed by atoms with van der Waals surface area (Å²) in [4.78, 5) is 25.0. The summed E-state index contributed by atoms with van der Waals surface area (Å²) < 4.78 is 5.40. The van der Waals surface area contributed by atoms with E-state index in [0.717, 1.165) is 17.6 Å². The lowest BCUT2D eigenvalue weighted by Gasteiger charge is -2.17. The van der Waals surface area contributed by atoms with Crippen molar-refractivity contribution >= 4 is 11.8 Å². The van der Waals surface area contributed by atoms with Crippen LogP contribution in [0.25, 0.3) is 0 Å². The fraction of sp³-hybridized carbons (Fsp3) is 0.417. The van der Waals surface area contributed by atoms with E-state index in [1.54, 1.807) is 20.0 Å². The fourth-order valence-electron chi connectivity index (χ4n) is 4.05. The Hall–Kier alpha value is -2.66. The smallest absolute Gasteiger partial charge is 0.251 e. The van der Waals surface area contributed by atoms with Crippen LogP contribution in [-0.2, 0) is 14.3 Å². The van der Waals surface area contributed by atoms with Gasteiger partial charge in [-0.05, 0) is 36.6 Å². The van der Waals surface area contributed by atoms with Gasteiger partial charge in [-0.25, -0.2) is 0 Å². The average molecular weight is 395 g/mol. The van der Waals surface area contributed by atoms with Gasteiger partial charge in [0.25, 0.3) is 5.91 Å². The standard InChI is InChI=1S/C24H30N2O3/c1-5-19(17-9-7-6-8-10-17)15(2)11-18(12-16(3)23(27)25-4)24(28)26-22-20-13-29-14-21(20)22/h6-12,19-22H,2,5,13-14H2,1,3-4H3,(H,25,27)(H,26,28)/b16-12+,18-11+. The first-order valence-corrected chi connectivity index (χ1v) is 10.2. The van der Waals surface area contributed by atoms with Crippen molar-refractivity contribution in [2.45, 2.75) is 32.2 Å². The van der Waals surface area contributed by atoms with Crippen molar-refractivity contribution in [3.63, 3.8) is 0 Å².